The van der Waals surface area contributed by atoms with Crippen molar-refractivity contribution >= 4 is 22.7 Å². The smallest absolute Gasteiger partial charge is 0.296 e. The van der Waals surface area contributed by atoms with Gasteiger partial charge in [-0.25, -0.2) is 4.98 Å². The summed E-state index contributed by atoms with van der Waals surface area (Å²) in [5, 5.41) is 0.435. The minimum absolute atomic E-state index is 0.0441. The lowest BCUT2D eigenvalue weighted by Crippen LogP contribution is -2.30. The van der Waals surface area contributed by atoms with Crippen LogP contribution in [0.4, 0.5) is 5.82 Å². The van der Waals surface area contributed by atoms with Gasteiger partial charge < -0.3 is 9.15 Å². The van der Waals surface area contributed by atoms with Crippen LogP contribution in [-0.2, 0) is 6.61 Å². The average molecular weight is 475 g/mol. The summed E-state index contributed by atoms with van der Waals surface area (Å²) >= 11 is 0. The number of anilines is 1. The van der Waals surface area contributed by atoms with Crippen molar-refractivity contribution in [1.29, 1.82) is 0 Å². The molecule has 1 aliphatic heterocycles. The van der Waals surface area contributed by atoms with Crippen LogP contribution in [0.25, 0.3) is 11.0 Å². The molecule has 1 aliphatic rings. The lowest BCUT2D eigenvalue weighted by molar-refractivity contribution is 0.0970. The van der Waals surface area contributed by atoms with Gasteiger partial charge in [0.25, 0.3) is 5.91 Å². The third-order valence-corrected chi connectivity index (χ3v) is 6.35. The Morgan fingerprint density at radius 2 is 1.72 bits per heavy atom. The van der Waals surface area contributed by atoms with Gasteiger partial charge in [-0.2, -0.15) is 0 Å². The maximum atomic E-state index is 13.7. The number of aromatic nitrogens is 1. The van der Waals surface area contributed by atoms with Crippen LogP contribution in [0.15, 0.2) is 106 Å². The van der Waals surface area contributed by atoms with Gasteiger partial charge in [-0.05, 0) is 60.0 Å². The zero-order valence-electron chi connectivity index (χ0n) is 19.5. The van der Waals surface area contributed by atoms with Crippen molar-refractivity contribution < 1.29 is 13.9 Å². The molecule has 0 aliphatic carbocycles. The molecule has 6 heteroatoms. The number of hydrogen-bond donors (Lipinski definition) is 0. The maximum Gasteiger partial charge on any atom is 0.296 e. The molecule has 0 spiro atoms. The Balaban J connectivity index is 1.49. The van der Waals surface area contributed by atoms with Crippen LogP contribution in [0.2, 0.25) is 0 Å². The highest BCUT2D eigenvalue weighted by Gasteiger charge is 2.44. The number of ether oxygens (including phenoxy) is 1. The van der Waals surface area contributed by atoms with Gasteiger partial charge in [-0.15, -0.1) is 0 Å². The van der Waals surface area contributed by atoms with E-state index in [1.165, 1.54) is 4.90 Å². The predicted octanol–water partition coefficient (Wildman–Crippen LogP) is 5.83. The highest BCUT2D eigenvalue weighted by atomic mass is 16.5. The molecule has 1 unspecified atom stereocenters. The summed E-state index contributed by atoms with van der Waals surface area (Å²) in [6.45, 7) is 2.34. The number of para-hydroxylation sites is 1. The molecular formula is C30H22N2O4. The third-order valence-electron chi connectivity index (χ3n) is 6.35. The van der Waals surface area contributed by atoms with Crippen LogP contribution in [-0.4, -0.2) is 10.9 Å². The Labute approximate surface area is 207 Å². The van der Waals surface area contributed by atoms with Crippen molar-refractivity contribution in [2.75, 3.05) is 4.90 Å². The summed E-state index contributed by atoms with van der Waals surface area (Å²) in [4.78, 5) is 33.4. The van der Waals surface area contributed by atoms with Crippen LogP contribution < -0.4 is 15.1 Å². The fourth-order valence-corrected chi connectivity index (χ4v) is 4.64. The quantitative estimate of drug-likeness (QED) is 0.321. The Hall–Kier alpha value is -4.71. The number of carbonyl (C=O) groups excluding carboxylic acids is 1. The number of benzene rings is 3. The summed E-state index contributed by atoms with van der Waals surface area (Å²) in [5.41, 5.74) is 3.19. The molecule has 6 nitrogen and oxygen atoms in total. The van der Waals surface area contributed by atoms with E-state index in [4.69, 9.17) is 9.15 Å². The van der Waals surface area contributed by atoms with Gasteiger partial charge in [0, 0.05) is 6.20 Å². The predicted molar refractivity (Wildman–Crippen MR) is 137 cm³/mol. The van der Waals surface area contributed by atoms with Crippen LogP contribution >= 0.6 is 0 Å². The molecule has 0 fully saturated rings. The number of hydrogen-bond acceptors (Lipinski definition) is 5. The molecular weight excluding hydrogens is 452 g/mol. The number of amides is 1. The highest BCUT2D eigenvalue weighted by molar-refractivity contribution is 6.10. The fourth-order valence-electron chi connectivity index (χ4n) is 4.64. The molecule has 0 N–H and O–H groups in total. The number of carbonyl (C=O) groups is 1. The van der Waals surface area contributed by atoms with E-state index in [0.717, 1.165) is 16.7 Å². The second kappa shape index (κ2) is 8.82. The van der Waals surface area contributed by atoms with E-state index >= 15 is 0 Å². The van der Waals surface area contributed by atoms with Gasteiger partial charge in [0.15, 0.2) is 5.43 Å². The molecule has 6 rings (SSSR count). The first-order chi connectivity index (χ1) is 17.6. The molecule has 0 saturated heterocycles. The fraction of sp³-hybridized carbons (Fsp3) is 0.100. The molecule has 36 heavy (non-hydrogen) atoms. The molecule has 0 bridgehead atoms. The molecule has 5 aromatic rings. The Morgan fingerprint density at radius 3 is 2.56 bits per heavy atom. The Kier molecular flexibility index (Phi) is 5.34. The van der Waals surface area contributed by atoms with Crippen LogP contribution in [0.5, 0.6) is 5.75 Å². The summed E-state index contributed by atoms with van der Waals surface area (Å²) in [6.07, 6.45) is 1.66. The summed E-state index contributed by atoms with van der Waals surface area (Å²) < 4.78 is 12.1. The Morgan fingerprint density at radius 1 is 0.917 bits per heavy atom. The van der Waals surface area contributed by atoms with Gasteiger partial charge >= 0.3 is 0 Å². The van der Waals surface area contributed by atoms with Crippen molar-refractivity contribution in [2.24, 2.45) is 0 Å². The first kappa shape index (κ1) is 21.8. The lowest BCUT2D eigenvalue weighted by Gasteiger charge is -2.24. The van der Waals surface area contributed by atoms with E-state index in [9.17, 15) is 9.59 Å². The van der Waals surface area contributed by atoms with E-state index < -0.39 is 11.9 Å². The molecule has 1 atom stereocenters. The topological polar surface area (TPSA) is 72.6 Å². The van der Waals surface area contributed by atoms with E-state index in [1.54, 1.807) is 30.5 Å². The maximum absolute atomic E-state index is 13.7. The third kappa shape index (κ3) is 3.73. The van der Waals surface area contributed by atoms with Gasteiger partial charge in [0.2, 0.25) is 5.76 Å². The van der Waals surface area contributed by atoms with Gasteiger partial charge in [0.05, 0.1) is 17.0 Å². The van der Waals surface area contributed by atoms with Crippen molar-refractivity contribution in [3.05, 3.63) is 135 Å². The van der Waals surface area contributed by atoms with Crippen molar-refractivity contribution in [3.63, 3.8) is 0 Å². The highest BCUT2D eigenvalue weighted by Crippen LogP contribution is 2.41. The lowest BCUT2D eigenvalue weighted by atomic mass is 9.98. The normalized spacial score (nSPS) is 14.8. The molecule has 3 heterocycles. The monoisotopic (exact) mass is 474 g/mol. The number of nitrogens with zero attached hydrogens (tertiary/aromatic N) is 2. The Bertz CT molecular complexity index is 1660. The molecule has 3 aromatic carbocycles. The average Bonchev–Trinajstić information content (AvgIpc) is 3.21. The zero-order valence-corrected chi connectivity index (χ0v) is 19.5. The summed E-state index contributed by atoms with van der Waals surface area (Å²) in [6, 6.07) is 27.3. The number of fused-ring (bicyclic) bond motifs is 2. The molecule has 1 amide bonds. The number of pyridine rings is 1. The van der Waals surface area contributed by atoms with Gasteiger partial charge in [-0.3, -0.25) is 14.5 Å². The first-order valence-electron chi connectivity index (χ1n) is 11.7. The van der Waals surface area contributed by atoms with Crippen LogP contribution in [0.1, 0.15) is 38.9 Å². The molecule has 0 radical (unpaired) electrons. The second-order valence-electron chi connectivity index (χ2n) is 8.79. The van der Waals surface area contributed by atoms with Gasteiger partial charge in [-0.1, -0.05) is 54.6 Å². The molecule has 2 aromatic heterocycles. The van der Waals surface area contributed by atoms with E-state index in [2.05, 4.69) is 4.98 Å². The second-order valence-corrected chi connectivity index (χ2v) is 8.79. The number of aryl methyl sites for hydroxylation is 1. The minimum atomic E-state index is -0.706. The van der Waals surface area contributed by atoms with E-state index in [-0.39, 0.29) is 11.2 Å². The molecule has 176 valence electrons. The first-order valence-corrected chi connectivity index (χ1v) is 11.7. The van der Waals surface area contributed by atoms with E-state index in [0.29, 0.717) is 34.7 Å². The summed E-state index contributed by atoms with van der Waals surface area (Å²) in [5.74, 6) is 0.740. The molecule has 0 saturated carbocycles. The largest absolute Gasteiger partial charge is 0.489 e. The standard InChI is InChI=1S/C30H22N2O4/c1-19-14-15-31-25(16-19)32-27(21-10-7-11-22(17-21)35-18-20-8-3-2-4-9-20)26-28(33)23-12-5-6-13-24(23)36-29(26)30(32)34/h2-17,27H,18H2,1H3. The van der Waals surface area contributed by atoms with Crippen molar-refractivity contribution in [1.82, 2.24) is 4.98 Å². The number of rotatable bonds is 5. The van der Waals surface area contributed by atoms with Crippen LogP contribution in [0.3, 0.4) is 0 Å². The minimum Gasteiger partial charge on any atom is -0.489 e. The van der Waals surface area contributed by atoms with Crippen molar-refractivity contribution in [3.8, 4) is 5.75 Å². The van der Waals surface area contributed by atoms with Crippen molar-refractivity contribution in [2.45, 2.75) is 19.6 Å². The van der Waals surface area contributed by atoms with Crippen LogP contribution in [0, 0.1) is 6.92 Å². The van der Waals surface area contributed by atoms with Gasteiger partial charge in [0.1, 0.15) is 23.8 Å². The zero-order chi connectivity index (χ0) is 24.6. The SMILES string of the molecule is Cc1ccnc(N2C(=O)c3oc4ccccc4c(=O)c3C2c2cccc(OCc3ccccc3)c2)c1. The van der Waals surface area contributed by atoms with E-state index in [1.807, 2.05) is 73.7 Å². The summed E-state index contributed by atoms with van der Waals surface area (Å²) in [7, 11) is 0.